The van der Waals surface area contributed by atoms with Crippen molar-refractivity contribution in [3.63, 3.8) is 0 Å². The Morgan fingerprint density at radius 1 is 1.17 bits per heavy atom. The Balaban J connectivity index is 1.79. The molecular formula is C20H20FN3O4S. The molecule has 0 bridgehead atoms. The van der Waals surface area contributed by atoms with Gasteiger partial charge in [0, 0.05) is 13.1 Å². The summed E-state index contributed by atoms with van der Waals surface area (Å²) in [6.45, 7) is 3.27. The van der Waals surface area contributed by atoms with Crippen LogP contribution in [0.3, 0.4) is 0 Å². The van der Waals surface area contributed by atoms with Crippen LogP contribution in [0.4, 0.5) is 10.1 Å². The van der Waals surface area contributed by atoms with Crippen molar-refractivity contribution < 1.29 is 22.3 Å². The number of halogens is 1. The second-order valence-corrected chi connectivity index (χ2v) is 8.81. The normalized spacial score (nSPS) is 18.2. The number of amides is 1. The van der Waals surface area contributed by atoms with Gasteiger partial charge >= 0.3 is 0 Å². The van der Waals surface area contributed by atoms with Crippen molar-refractivity contribution in [3.05, 3.63) is 59.4 Å². The molecular weight excluding hydrogens is 397 g/mol. The minimum Gasteiger partial charge on any atom is -0.378 e. The molecule has 0 spiro atoms. The average molecular weight is 417 g/mol. The summed E-state index contributed by atoms with van der Waals surface area (Å²) in [7, 11) is -4.08. The van der Waals surface area contributed by atoms with E-state index in [2.05, 4.69) is 5.10 Å². The average Bonchev–Trinajstić information content (AvgIpc) is 2.70. The number of rotatable bonds is 3. The Kier molecular flexibility index (Phi) is 5.10. The summed E-state index contributed by atoms with van der Waals surface area (Å²) in [5, 5.41) is 5.15. The third-order valence-corrected chi connectivity index (χ3v) is 6.54. The monoisotopic (exact) mass is 417 g/mol. The van der Waals surface area contributed by atoms with Crippen LogP contribution in [0.25, 0.3) is 0 Å². The Hall–Kier alpha value is -2.78. The predicted molar refractivity (Wildman–Crippen MR) is 106 cm³/mol. The number of benzene rings is 2. The number of sulfone groups is 1. The lowest BCUT2D eigenvalue weighted by molar-refractivity contribution is -0.127. The maximum atomic E-state index is 13.6. The number of morpholine rings is 1. The van der Waals surface area contributed by atoms with Crippen LogP contribution in [-0.4, -0.2) is 50.6 Å². The topological polar surface area (TPSA) is 79.3 Å². The van der Waals surface area contributed by atoms with E-state index < -0.39 is 26.6 Å². The van der Waals surface area contributed by atoms with E-state index >= 15 is 0 Å². The summed E-state index contributed by atoms with van der Waals surface area (Å²) in [4.78, 5) is 14.4. The molecule has 2 aliphatic rings. The van der Waals surface area contributed by atoms with Crippen LogP contribution >= 0.6 is 0 Å². The smallest absolute Gasteiger partial charge is 0.286 e. The molecule has 1 amide bonds. The van der Waals surface area contributed by atoms with E-state index in [1.54, 1.807) is 24.3 Å². The molecule has 0 radical (unpaired) electrons. The van der Waals surface area contributed by atoms with Crippen LogP contribution in [0, 0.1) is 12.7 Å². The number of anilines is 1. The van der Waals surface area contributed by atoms with E-state index in [4.69, 9.17) is 4.74 Å². The molecule has 0 aromatic heterocycles. The molecule has 2 heterocycles. The molecule has 1 fully saturated rings. The van der Waals surface area contributed by atoms with Gasteiger partial charge in [0.15, 0.2) is 0 Å². The lowest BCUT2D eigenvalue weighted by atomic mass is 10.2. The number of fused-ring (bicyclic) bond motifs is 1. The van der Waals surface area contributed by atoms with E-state index in [-0.39, 0.29) is 11.4 Å². The first-order valence-corrected chi connectivity index (χ1v) is 10.7. The molecule has 1 saturated heterocycles. The van der Waals surface area contributed by atoms with Crippen molar-refractivity contribution >= 4 is 26.5 Å². The first-order valence-electron chi connectivity index (χ1n) is 9.19. The molecule has 152 valence electrons. The summed E-state index contributed by atoms with van der Waals surface area (Å²) in [5.41, 5.74) is 1.83. The SMILES string of the molecule is Cc1ccc2c(c1)N(Cc1cccc(F)c1)N=C(C(=O)N1CCOCC1)S2(=O)=O. The highest BCUT2D eigenvalue weighted by molar-refractivity contribution is 8.08. The van der Waals surface area contributed by atoms with Gasteiger partial charge < -0.3 is 9.64 Å². The van der Waals surface area contributed by atoms with Crippen LogP contribution < -0.4 is 5.01 Å². The minimum atomic E-state index is -4.08. The quantitative estimate of drug-likeness (QED) is 0.764. The van der Waals surface area contributed by atoms with Gasteiger partial charge in [0.2, 0.25) is 14.9 Å². The number of carbonyl (C=O) groups excluding carboxylic acids is 1. The molecule has 0 saturated carbocycles. The number of nitrogens with zero attached hydrogens (tertiary/aromatic N) is 3. The van der Waals surface area contributed by atoms with Gasteiger partial charge in [-0.25, -0.2) is 12.8 Å². The number of carbonyl (C=O) groups is 1. The first-order chi connectivity index (χ1) is 13.9. The Morgan fingerprint density at radius 2 is 1.93 bits per heavy atom. The first kappa shape index (κ1) is 19.5. The largest absolute Gasteiger partial charge is 0.378 e. The molecule has 7 nitrogen and oxygen atoms in total. The number of aryl methyl sites for hydroxylation is 1. The minimum absolute atomic E-state index is 0.0195. The summed E-state index contributed by atoms with van der Waals surface area (Å²) >= 11 is 0. The third-order valence-electron chi connectivity index (χ3n) is 4.85. The maximum Gasteiger partial charge on any atom is 0.286 e. The molecule has 0 aliphatic carbocycles. The van der Waals surface area contributed by atoms with Gasteiger partial charge in [-0.15, -0.1) is 0 Å². The Labute approximate surface area is 168 Å². The van der Waals surface area contributed by atoms with Crippen molar-refractivity contribution in [2.24, 2.45) is 5.10 Å². The van der Waals surface area contributed by atoms with Crippen LogP contribution in [0.2, 0.25) is 0 Å². The zero-order valence-electron chi connectivity index (χ0n) is 15.8. The van der Waals surface area contributed by atoms with Crippen molar-refractivity contribution in [3.8, 4) is 0 Å². The van der Waals surface area contributed by atoms with Gasteiger partial charge in [-0.3, -0.25) is 9.80 Å². The van der Waals surface area contributed by atoms with Crippen molar-refractivity contribution in [2.45, 2.75) is 18.4 Å². The summed E-state index contributed by atoms with van der Waals surface area (Å²) < 4.78 is 45.2. The van der Waals surface area contributed by atoms with E-state index in [1.165, 1.54) is 28.1 Å². The van der Waals surface area contributed by atoms with Crippen molar-refractivity contribution in [2.75, 3.05) is 31.3 Å². The standard InChI is InChI=1S/C20H20FN3O4S/c1-14-5-6-18-17(11-14)24(13-15-3-2-4-16(21)12-15)22-19(29(18,26)27)20(25)23-7-9-28-10-8-23/h2-6,11-12H,7-10,13H2,1H3. The molecule has 0 atom stereocenters. The molecule has 9 heteroatoms. The van der Waals surface area contributed by atoms with E-state index in [9.17, 15) is 17.6 Å². The van der Waals surface area contributed by atoms with Gasteiger partial charge in [0.05, 0.1) is 30.3 Å². The zero-order chi connectivity index (χ0) is 20.6. The van der Waals surface area contributed by atoms with Crippen LogP contribution in [0.15, 0.2) is 52.5 Å². The predicted octanol–water partition coefficient (Wildman–Crippen LogP) is 2.10. The number of ether oxygens (including phenoxy) is 1. The van der Waals surface area contributed by atoms with Crippen LogP contribution in [0.5, 0.6) is 0 Å². The molecule has 2 aromatic rings. The summed E-state index contributed by atoms with van der Waals surface area (Å²) in [6, 6.07) is 10.9. The summed E-state index contributed by atoms with van der Waals surface area (Å²) in [6.07, 6.45) is 0. The Bertz CT molecular complexity index is 1090. The summed E-state index contributed by atoms with van der Waals surface area (Å²) in [5.74, 6) is -1.05. The fraction of sp³-hybridized carbons (Fsp3) is 0.300. The second-order valence-electron chi connectivity index (χ2n) is 6.97. The number of hydrazone groups is 1. The number of hydrogen-bond acceptors (Lipinski definition) is 6. The van der Waals surface area contributed by atoms with Gasteiger partial charge in [0.25, 0.3) is 5.91 Å². The van der Waals surface area contributed by atoms with Crippen molar-refractivity contribution in [1.29, 1.82) is 0 Å². The highest BCUT2D eigenvalue weighted by Crippen LogP contribution is 2.34. The molecule has 0 N–H and O–H groups in total. The highest BCUT2D eigenvalue weighted by atomic mass is 32.2. The Morgan fingerprint density at radius 3 is 2.66 bits per heavy atom. The molecule has 0 unspecified atom stereocenters. The molecule has 2 aromatic carbocycles. The van der Waals surface area contributed by atoms with Crippen molar-refractivity contribution in [1.82, 2.24) is 4.90 Å². The van der Waals surface area contributed by atoms with Gasteiger partial charge in [-0.2, -0.15) is 5.10 Å². The molecule has 2 aliphatic heterocycles. The fourth-order valence-corrected chi connectivity index (χ4v) is 4.83. The van der Waals surface area contributed by atoms with Crippen LogP contribution in [-0.2, 0) is 25.9 Å². The third kappa shape index (κ3) is 3.75. The van der Waals surface area contributed by atoms with E-state index in [0.29, 0.717) is 37.6 Å². The van der Waals surface area contributed by atoms with Crippen LogP contribution in [0.1, 0.15) is 11.1 Å². The highest BCUT2D eigenvalue weighted by Gasteiger charge is 2.39. The van der Waals surface area contributed by atoms with Gasteiger partial charge in [-0.1, -0.05) is 18.2 Å². The zero-order valence-corrected chi connectivity index (χ0v) is 16.7. The van der Waals surface area contributed by atoms with Gasteiger partial charge in [0.1, 0.15) is 5.82 Å². The second kappa shape index (κ2) is 7.57. The molecule has 29 heavy (non-hydrogen) atoms. The lowest BCUT2D eigenvalue weighted by Crippen LogP contribution is -2.47. The fourth-order valence-electron chi connectivity index (χ4n) is 3.37. The van der Waals surface area contributed by atoms with E-state index in [0.717, 1.165) is 5.56 Å². The van der Waals surface area contributed by atoms with E-state index in [1.807, 2.05) is 6.92 Å². The van der Waals surface area contributed by atoms with Gasteiger partial charge in [-0.05, 0) is 42.3 Å². The molecule has 4 rings (SSSR count). The number of hydrogen-bond donors (Lipinski definition) is 0. The lowest BCUT2D eigenvalue weighted by Gasteiger charge is -2.31. The maximum absolute atomic E-state index is 13.6.